The first kappa shape index (κ1) is 21.7. The maximum atomic E-state index is 12.3. The number of benzene rings is 1. The lowest BCUT2D eigenvalue weighted by molar-refractivity contribution is -0.862. The van der Waals surface area contributed by atoms with Crippen molar-refractivity contribution in [3.8, 4) is 5.75 Å². The highest BCUT2D eigenvalue weighted by Gasteiger charge is 2.21. The van der Waals surface area contributed by atoms with Crippen molar-refractivity contribution in [1.29, 1.82) is 0 Å². The molecule has 3 N–H and O–H groups in total. The molecule has 2 amide bonds. The number of nitrogens with one attached hydrogen (secondary N) is 3. The highest BCUT2D eigenvalue weighted by atomic mass is 35.5. The van der Waals surface area contributed by atoms with E-state index >= 15 is 0 Å². The van der Waals surface area contributed by atoms with Crippen molar-refractivity contribution < 1.29 is 23.7 Å². The molecular formula is C19H26ClN4O4+. The van der Waals surface area contributed by atoms with E-state index in [1.54, 1.807) is 31.3 Å². The second-order valence-electron chi connectivity index (χ2n) is 7.58. The fraction of sp³-hybridized carbons (Fsp3) is 0.421. The third kappa shape index (κ3) is 6.24. The number of carbonyl (C=O) groups excluding carboxylic acids is 2. The van der Waals surface area contributed by atoms with Crippen LogP contribution in [-0.4, -0.2) is 44.2 Å². The number of methoxy groups -OCH3 is 1. The lowest BCUT2D eigenvalue weighted by Crippen LogP contribution is -3.11. The molecular weight excluding hydrogens is 384 g/mol. The molecule has 8 nitrogen and oxygen atoms in total. The number of likely N-dealkylation sites (N-methyl/N-ethyl adjacent to an activating group) is 1. The first-order chi connectivity index (χ1) is 13.1. The molecule has 0 spiro atoms. The number of hydrogen-bond acceptors (Lipinski definition) is 5. The van der Waals surface area contributed by atoms with Gasteiger partial charge >= 0.3 is 0 Å². The molecule has 0 fully saturated rings. The minimum atomic E-state index is -0.276. The number of nitrogens with zero attached hydrogens (tertiary/aromatic N) is 1. The van der Waals surface area contributed by atoms with Crippen molar-refractivity contribution in [2.24, 2.45) is 0 Å². The zero-order valence-electron chi connectivity index (χ0n) is 16.7. The topological polar surface area (TPSA) is 97.9 Å². The molecule has 2 rings (SSSR count). The van der Waals surface area contributed by atoms with Crippen LogP contribution < -0.4 is 20.3 Å². The zero-order valence-corrected chi connectivity index (χ0v) is 17.4. The van der Waals surface area contributed by atoms with Crippen LogP contribution in [0.4, 0.5) is 11.6 Å². The molecule has 0 saturated heterocycles. The van der Waals surface area contributed by atoms with Crippen LogP contribution in [0.2, 0.25) is 5.02 Å². The highest BCUT2D eigenvalue weighted by Crippen LogP contribution is 2.27. The van der Waals surface area contributed by atoms with Gasteiger partial charge in [0.2, 0.25) is 5.88 Å². The quantitative estimate of drug-likeness (QED) is 0.647. The summed E-state index contributed by atoms with van der Waals surface area (Å²) in [6, 6.07) is 6.65. The number of aromatic nitrogens is 1. The third-order valence-corrected chi connectivity index (χ3v) is 4.14. The summed E-state index contributed by atoms with van der Waals surface area (Å²) in [7, 11) is 3.25. The SMILES string of the molecule is COc1ccc(Cl)cc1NC(=O)C[NH+](C)CC(=O)Nc1cc(C(C)(C)C)no1. The van der Waals surface area contributed by atoms with Crippen LogP contribution in [-0.2, 0) is 15.0 Å². The summed E-state index contributed by atoms with van der Waals surface area (Å²) in [6.07, 6.45) is 0. The van der Waals surface area contributed by atoms with Gasteiger partial charge in [0.25, 0.3) is 11.8 Å². The Labute approximate surface area is 169 Å². The van der Waals surface area contributed by atoms with Crippen molar-refractivity contribution in [3.05, 3.63) is 35.0 Å². The van der Waals surface area contributed by atoms with E-state index in [9.17, 15) is 9.59 Å². The third-order valence-electron chi connectivity index (χ3n) is 3.90. The number of quaternary nitrogens is 1. The van der Waals surface area contributed by atoms with E-state index in [0.717, 1.165) is 5.69 Å². The molecule has 1 heterocycles. The van der Waals surface area contributed by atoms with Gasteiger partial charge in [-0.3, -0.25) is 14.9 Å². The Kier molecular flexibility index (Phi) is 7.04. The van der Waals surface area contributed by atoms with Gasteiger partial charge in [0.15, 0.2) is 13.1 Å². The highest BCUT2D eigenvalue weighted by molar-refractivity contribution is 6.31. The van der Waals surface area contributed by atoms with Gasteiger partial charge in [-0.1, -0.05) is 37.5 Å². The Morgan fingerprint density at radius 1 is 1.18 bits per heavy atom. The molecule has 2 aromatic rings. The molecule has 1 unspecified atom stereocenters. The first-order valence-corrected chi connectivity index (χ1v) is 9.18. The molecule has 0 bridgehead atoms. The number of rotatable bonds is 7. The largest absolute Gasteiger partial charge is 0.495 e. The number of halogens is 1. The summed E-state index contributed by atoms with van der Waals surface area (Å²) in [6.45, 7) is 6.18. The van der Waals surface area contributed by atoms with Crippen LogP contribution >= 0.6 is 11.6 Å². The Morgan fingerprint density at radius 3 is 2.39 bits per heavy atom. The molecule has 9 heteroatoms. The number of anilines is 2. The molecule has 28 heavy (non-hydrogen) atoms. The second kappa shape index (κ2) is 9.07. The predicted octanol–water partition coefficient (Wildman–Crippen LogP) is 1.73. The van der Waals surface area contributed by atoms with E-state index in [-0.39, 0.29) is 36.2 Å². The Hall–Kier alpha value is -2.58. The number of amides is 2. The fourth-order valence-electron chi connectivity index (χ4n) is 2.45. The van der Waals surface area contributed by atoms with Gasteiger partial charge in [-0.05, 0) is 18.2 Å². The van der Waals surface area contributed by atoms with Crippen LogP contribution in [0, 0.1) is 0 Å². The van der Waals surface area contributed by atoms with Crippen LogP contribution in [0.15, 0.2) is 28.8 Å². The lowest BCUT2D eigenvalue weighted by atomic mass is 9.92. The van der Waals surface area contributed by atoms with E-state index in [2.05, 4.69) is 15.8 Å². The normalized spacial score (nSPS) is 12.4. The van der Waals surface area contributed by atoms with E-state index in [0.29, 0.717) is 21.4 Å². The van der Waals surface area contributed by atoms with Crippen molar-refractivity contribution >= 4 is 35.0 Å². The fourth-order valence-corrected chi connectivity index (χ4v) is 2.62. The van der Waals surface area contributed by atoms with Crippen LogP contribution in [0.3, 0.4) is 0 Å². The summed E-state index contributed by atoms with van der Waals surface area (Å²) in [4.78, 5) is 25.1. The molecule has 0 radical (unpaired) electrons. The first-order valence-electron chi connectivity index (χ1n) is 8.80. The predicted molar refractivity (Wildman–Crippen MR) is 107 cm³/mol. The molecule has 0 aliphatic carbocycles. The van der Waals surface area contributed by atoms with Gasteiger partial charge in [-0.2, -0.15) is 0 Å². The summed E-state index contributed by atoms with van der Waals surface area (Å²) in [5.74, 6) is 0.256. The van der Waals surface area contributed by atoms with Gasteiger partial charge in [-0.15, -0.1) is 0 Å². The van der Waals surface area contributed by atoms with Gasteiger partial charge < -0.3 is 19.5 Å². The van der Waals surface area contributed by atoms with Gasteiger partial charge in [-0.25, -0.2) is 0 Å². The maximum absolute atomic E-state index is 12.3. The molecule has 0 aliphatic rings. The average molecular weight is 410 g/mol. The monoisotopic (exact) mass is 409 g/mol. The van der Waals surface area contributed by atoms with E-state index < -0.39 is 0 Å². The van der Waals surface area contributed by atoms with Crippen molar-refractivity contribution in [2.45, 2.75) is 26.2 Å². The van der Waals surface area contributed by atoms with E-state index in [4.69, 9.17) is 20.9 Å². The summed E-state index contributed by atoms with van der Waals surface area (Å²) < 4.78 is 10.3. The van der Waals surface area contributed by atoms with Crippen molar-refractivity contribution in [1.82, 2.24) is 5.16 Å². The van der Waals surface area contributed by atoms with Gasteiger partial charge in [0.05, 0.1) is 25.5 Å². The standard InChI is InChI=1S/C19H25ClN4O4/c1-19(2,3)15-9-18(28-23-15)22-17(26)11-24(4)10-16(25)21-13-8-12(20)6-7-14(13)27-5/h6-9H,10-11H2,1-5H3,(H,21,25)(H,22,26)/p+1. The molecule has 1 atom stereocenters. The smallest absolute Gasteiger partial charge is 0.281 e. The van der Waals surface area contributed by atoms with Crippen LogP contribution in [0.25, 0.3) is 0 Å². The minimum absolute atomic E-state index is 0.0889. The average Bonchev–Trinajstić information content (AvgIpc) is 3.03. The Bertz CT molecular complexity index is 845. The summed E-state index contributed by atoms with van der Waals surface area (Å²) in [5, 5.41) is 9.84. The maximum Gasteiger partial charge on any atom is 0.281 e. The van der Waals surface area contributed by atoms with Gasteiger partial charge in [0, 0.05) is 16.5 Å². The molecule has 1 aromatic carbocycles. The van der Waals surface area contributed by atoms with Crippen LogP contribution in [0.1, 0.15) is 26.5 Å². The van der Waals surface area contributed by atoms with E-state index in [1.165, 1.54) is 7.11 Å². The number of hydrogen-bond donors (Lipinski definition) is 3. The van der Waals surface area contributed by atoms with Crippen molar-refractivity contribution in [3.63, 3.8) is 0 Å². The lowest BCUT2D eigenvalue weighted by Gasteiger charge is -2.14. The molecule has 0 aliphatic heterocycles. The zero-order chi connectivity index (χ0) is 20.9. The second-order valence-corrected chi connectivity index (χ2v) is 8.01. The Balaban J connectivity index is 1.86. The number of carbonyl (C=O) groups is 2. The van der Waals surface area contributed by atoms with E-state index in [1.807, 2.05) is 20.8 Å². The summed E-state index contributed by atoms with van der Waals surface area (Å²) >= 11 is 5.96. The van der Waals surface area contributed by atoms with Gasteiger partial charge in [0.1, 0.15) is 5.75 Å². The number of ether oxygens (including phenoxy) is 1. The minimum Gasteiger partial charge on any atom is -0.495 e. The molecule has 152 valence electrons. The molecule has 0 saturated carbocycles. The van der Waals surface area contributed by atoms with Crippen molar-refractivity contribution in [2.75, 3.05) is 37.9 Å². The Morgan fingerprint density at radius 2 is 1.82 bits per heavy atom. The summed E-state index contributed by atoms with van der Waals surface area (Å²) in [5.41, 5.74) is 1.06. The van der Waals surface area contributed by atoms with Crippen LogP contribution in [0.5, 0.6) is 5.75 Å². The molecule has 1 aromatic heterocycles.